The standard InChI is InChI=1S/C16H27BN4O6S/c18-9-14(12-5-2-1-3-6-12)20-28(26,27)21-10-13(7-4-8-17(24)25)16(19,11-21)15(22)23/h1-3,5-6,13-14,20,24-25H,4,7-11,18-19H2,(H,22,23)/t13-,14+,16-/m0/s1. The first kappa shape index (κ1) is 22.8. The lowest BCUT2D eigenvalue weighted by molar-refractivity contribution is -0.144. The van der Waals surface area contributed by atoms with Gasteiger partial charge in [0.25, 0.3) is 10.2 Å². The number of carboxylic acid groups (broad SMARTS) is 1. The van der Waals surface area contributed by atoms with Crippen LogP contribution in [0.2, 0.25) is 6.32 Å². The fourth-order valence-corrected chi connectivity index (χ4v) is 4.91. The molecule has 0 amide bonds. The van der Waals surface area contributed by atoms with Crippen molar-refractivity contribution in [1.82, 2.24) is 9.03 Å². The quantitative estimate of drug-likeness (QED) is 0.250. The Morgan fingerprint density at radius 2 is 2.00 bits per heavy atom. The molecule has 8 N–H and O–H groups in total. The van der Waals surface area contributed by atoms with Crippen LogP contribution in [-0.4, -0.2) is 66.1 Å². The zero-order valence-corrected chi connectivity index (χ0v) is 16.3. The lowest BCUT2D eigenvalue weighted by Crippen LogP contribution is -2.55. The number of benzene rings is 1. The largest absolute Gasteiger partial charge is 0.480 e. The topological polar surface area (TPSA) is 179 Å². The van der Waals surface area contributed by atoms with Gasteiger partial charge in [-0.1, -0.05) is 36.8 Å². The molecule has 156 valence electrons. The minimum absolute atomic E-state index is 0.0294. The van der Waals surface area contributed by atoms with Crippen molar-refractivity contribution < 1.29 is 28.4 Å². The van der Waals surface area contributed by atoms with Crippen molar-refractivity contribution in [2.24, 2.45) is 17.4 Å². The van der Waals surface area contributed by atoms with Gasteiger partial charge in [0.05, 0.1) is 6.04 Å². The van der Waals surface area contributed by atoms with Gasteiger partial charge in [0.15, 0.2) is 0 Å². The van der Waals surface area contributed by atoms with Crippen molar-refractivity contribution in [2.45, 2.75) is 30.7 Å². The second-order valence-electron chi connectivity index (χ2n) is 7.07. The number of carbonyl (C=O) groups is 1. The van der Waals surface area contributed by atoms with Crippen molar-refractivity contribution in [3.05, 3.63) is 35.9 Å². The van der Waals surface area contributed by atoms with Crippen LogP contribution >= 0.6 is 0 Å². The van der Waals surface area contributed by atoms with E-state index in [4.69, 9.17) is 21.5 Å². The molecule has 28 heavy (non-hydrogen) atoms. The molecular formula is C16H27BN4O6S. The molecule has 3 atom stereocenters. The van der Waals surface area contributed by atoms with Gasteiger partial charge in [0, 0.05) is 25.6 Å². The summed E-state index contributed by atoms with van der Waals surface area (Å²) in [6.45, 7) is -0.427. The number of nitrogens with zero attached hydrogens (tertiary/aromatic N) is 1. The van der Waals surface area contributed by atoms with Gasteiger partial charge in [-0.15, -0.1) is 0 Å². The van der Waals surface area contributed by atoms with Gasteiger partial charge < -0.3 is 26.6 Å². The molecule has 0 spiro atoms. The predicted molar refractivity (Wildman–Crippen MR) is 104 cm³/mol. The minimum atomic E-state index is -4.04. The highest BCUT2D eigenvalue weighted by molar-refractivity contribution is 7.87. The number of hydrogen-bond acceptors (Lipinski definition) is 7. The van der Waals surface area contributed by atoms with Crippen LogP contribution in [0, 0.1) is 5.92 Å². The number of rotatable bonds is 10. The van der Waals surface area contributed by atoms with Crippen LogP contribution in [0.4, 0.5) is 0 Å². The van der Waals surface area contributed by atoms with Gasteiger partial charge in [-0.05, 0) is 18.3 Å². The average molecular weight is 414 g/mol. The van der Waals surface area contributed by atoms with E-state index in [9.17, 15) is 18.3 Å². The van der Waals surface area contributed by atoms with Crippen molar-refractivity contribution in [2.75, 3.05) is 19.6 Å². The van der Waals surface area contributed by atoms with Gasteiger partial charge >= 0.3 is 13.1 Å². The highest BCUT2D eigenvalue weighted by Gasteiger charge is 2.52. The molecule has 0 aromatic heterocycles. The molecule has 12 heteroatoms. The molecule has 1 heterocycles. The van der Waals surface area contributed by atoms with Crippen molar-refractivity contribution in [1.29, 1.82) is 0 Å². The highest BCUT2D eigenvalue weighted by Crippen LogP contribution is 2.32. The number of nitrogens with two attached hydrogens (primary N) is 2. The van der Waals surface area contributed by atoms with Crippen LogP contribution in [0.5, 0.6) is 0 Å². The van der Waals surface area contributed by atoms with E-state index in [1.165, 1.54) is 0 Å². The maximum Gasteiger partial charge on any atom is 0.451 e. The van der Waals surface area contributed by atoms with Crippen molar-refractivity contribution in [3.8, 4) is 0 Å². The second-order valence-corrected chi connectivity index (χ2v) is 8.77. The molecule has 0 bridgehead atoms. The average Bonchev–Trinajstić information content (AvgIpc) is 2.99. The predicted octanol–water partition coefficient (Wildman–Crippen LogP) is -1.51. The van der Waals surface area contributed by atoms with E-state index >= 15 is 0 Å². The summed E-state index contributed by atoms with van der Waals surface area (Å²) in [5.41, 5.74) is 10.7. The summed E-state index contributed by atoms with van der Waals surface area (Å²) in [7, 11) is -5.54. The lowest BCUT2D eigenvalue weighted by atomic mass is 9.78. The van der Waals surface area contributed by atoms with Crippen LogP contribution in [0.1, 0.15) is 24.4 Å². The maximum absolute atomic E-state index is 12.8. The Kier molecular flexibility index (Phi) is 7.56. The van der Waals surface area contributed by atoms with Crippen LogP contribution in [-0.2, 0) is 15.0 Å². The third-order valence-electron chi connectivity index (χ3n) is 5.07. The third-order valence-corrected chi connectivity index (χ3v) is 6.61. The Balaban J connectivity index is 2.15. The second kappa shape index (κ2) is 9.31. The maximum atomic E-state index is 12.8. The summed E-state index contributed by atoms with van der Waals surface area (Å²) >= 11 is 0. The van der Waals surface area contributed by atoms with E-state index in [2.05, 4.69) is 4.72 Å². The zero-order chi connectivity index (χ0) is 20.9. The molecule has 1 aliphatic rings. The fraction of sp³-hybridized carbons (Fsp3) is 0.562. The first-order valence-electron chi connectivity index (χ1n) is 9.01. The van der Waals surface area contributed by atoms with E-state index in [1.54, 1.807) is 30.3 Å². The molecule has 0 saturated carbocycles. The first-order chi connectivity index (χ1) is 13.1. The molecule has 1 aliphatic heterocycles. The highest BCUT2D eigenvalue weighted by atomic mass is 32.2. The fourth-order valence-electron chi connectivity index (χ4n) is 3.41. The van der Waals surface area contributed by atoms with E-state index in [0.717, 1.165) is 4.31 Å². The van der Waals surface area contributed by atoms with Crippen LogP contribution < -0.4 is 16.2 Å². The summed E-state index contributed by atoms with van der Waals surface area (Å²) in [4.78, 5) is 11.7. The molecule has 10 nitrogen and oxygen atoms in total. The lowest BCUT2D eigenvalue weighted by Gasteiger charge is -2.25. The molecule has 1 fully saturated rings. The summed E-state index contributed by atoms with van der Waals surface area (Å²) in [6.07, 6.45) is 0.622. The minimum Gasteiger partial charge on any atom is -0.480 e. The molecule has 2 rings (SSSR count). The number of nitrogens with one attached hydrogen (secondary N) is 1. The Bertz CT molecular complexity index is 766. The van der Waals surface area contributed by atoms with Gasteiger partial charge in [0.1, 0.15) is 5.54 Å². The Labute approximate surface area is 164 Å². The first-order valence-corrected chi connectivity index (χ1v) is 10.4. The van der Waals surface area contributed by atoms with E-state index in [0.29, 0.717) is 12.0 Å². The molecule has 1 saturated heterocycles. The number of aliphatic carboxylic acids is 1. The normalized spacial score (nSPS) is 24.2. The van der Waals surface area contributed by atoms with Gasteiger partial charge in [-0.25, -0.2) is 0 Å². The summed E-state index contributed by atoms with van der Waals surface area (Å²) in [5, 5.41) is 27.5. The van der Waals surface area contributed by atoms with Crippen molar-refractivity contribution in [3.63, 3.8) is 0 Å². The Morgan fingerprint density at radius 1 is 1.36 bits per heavy atom. The number of carboxylic acids is 1. The van der Waals surface area contributed by atoms with E-state index in [1.807, 2.05) is 0 Å². The molecule has 0 unspecified atom stereocenters. The monoisotopic (exact) mass is 414 g/mol. The molecule has 0 radical (unpaired) electrons. The summed E-state index contributed by atoms with van der Waals surface area (Å²) in [6, 6.07) is 8.17. The van der Waals surface area contributed by atoms with Crippen LogP contribution in [0.25, 0.3) is 0 Å². The Morgan fingerprint density at radius 3 is 2.54 bits per heavy atom. The summed E-state index contributed by atoms with van der Waals surface area (Å²) < 4.78 is 29.2. The molecule has 1 aromatic carbocycles. The van der Waals surface area contributed by atoms with Crippen LogP contribution in [0.15, 0.2) is 30.3 Å². The van der Waals surface area contributed by atoms with E-state index < -0.39 is 40.8 Å². The SMILES string of the molecule is NC[C@@H](NS(=O)(=O)N1C[C@H](CCCB(O)O)[C@](N)(C(=O)O)C1)c1ccccc1. The Hall–Kier alpha value is -1.54. The smallest absolute Gasteiger partial charge is 0.451 e. The van der Waals surface area contributed by atoms with Crippen molar-refractivity contribution >= 4 is 23.3 Å². The van der Waals surface area contributed by atoms with Gasteiger partial charge in [0.2, 0.25) is 0 Å². The molecular weight excluding hydrogens is 387 g/mol. The van der Waals surface area contributed by atoms with E-state index in [-0.39, 0.29) is 32.4 Å². The van der Waals surface area contributed by atoms with Gasteiger partial charge in [-0.2, -0.15) is 17.4 Å². The van der Waals surface area contributed by atoms with Crippen LogP contribution in [0.3, 0.4) is 0 Å². The molecule has 1 aromatic rings. The molecule has 0 aliphatic carbocycles. The third kappa shape index (κ3) is 5.29. The van der Waals surface area contributed by atoms with Gasteiger partial charge in [-0.3, -0.25) is 4.79 Å². The number of hydrogen-bond donors (Lipinski definition) is 6. The summed E-state index contributed by atoms with van der Waals surface area (Å²) in [5.74, 6) is -1.95. The zero-order valence-electron chi connectivity index (χ0n) is 15.4.